The Labute approximate surface area is 121 Å². The summed E-state index contributed by atoms with van der Waals surface area (Å²) in [6.45, 7) is 6.71. The second kappa shape index (κ2) is 8.82. The fourth-order valence-electron chi connectivity index (χ4n) is 2.18. The number of hydrogen-bond acceptors (Lipinski definition) is 4. The number of cyclic esters (lactones) is 1. The molecule has 1 atom stereocenters. The van der Waals surface area contributed by atoms with Gasteiger partial charge in [-0.15, -0.1) is 0 Å². The monoisotopic (exact) mass is 285 g/mol. The molecule has 116 valence electrons. The highest BCUT2D eigenvalue weighted by Gasteiger charge is 2.33. The van der Waals surface area contributed by atoms with Gasteiger partial charge in [0.2, 0.25) is 0 Å². The SMILES string of the molecule is CCCCCCCC(=O)OC[C@H]1CN(C(C)C)C(=O)O1. The molecule has 0 bridgehead atoms. The summed E-state index contributed by atoms with van der Waals surface area (Å²) in [7, 11) is 0. The Kier molecular flexibility index (Phi) is 7.41. The van der Waals surface area contributed by atoms with E-state index in [2.05, 4.69) is 6.92 Å². The number of hydrogen-bond donors (Lipinski definition) is 0. The lowest BCUT2D eigenvalue weighted by molar-refractivity contribution is -0.146. The van der Waals surface area contributed by atoms with Crippen molar-refractivity contribution in [2.45, 2.75) is 71.4 Å². The van der Waals surface area contributed by atoms with Crippen molar-refractivity contribution in [3.63, 3.8) is 0 Å². The van der Waals surface area contributed by atoms with E-state index in [0.29, 0.717) is 13.0 Å². The van der Waals surface area contributed by atoms with E-state index in [1.807, 2.05) is 13.8 Å². The third kappa shape index (κ3) is 5.80. The molecule has 0 aromatic rings. The molecule has 1 aliphatic rings. The average Bonchev–Trinajstić information content (AvgIpc) is 2.77. The molecule has 0 N–H and O–H groups in total. The van der Waals surface area contributed by atoms with E-state index in [0.717, 1.165) is 12.8 Å². The van der Waals surface area contributed by atoms with Gasteiger partial charge in [-0.1, -0.05) is 32.6 Å². The molecule has 1 amide bonds. The second-order valence-corrected chi connectivity index (χ2v) is 5.60. The molecule has 0 saturated carbocycles. The lowest BCUT2D eigenvalue weighted by atomic mass is 10.1. The minimum Gasteiger partial charge on any atom is -0.462 e. The van der Waals surface area contributed by atoms with Crippen LogP contribution in [0.2, 0.25) is 0 Å². The van der Waals surface area contributed by atoms with Gasteiger partial charge in [0, 0.05) is 12.5 Å². The molecular formula is C15H27NO4. The van der Waals surface area contributed by atoms with Crippen LogP contribution >= 0.6 is 0 Å². The summed E-state index contributed by atoms with van der Waals surface area (Å²) < 4.78 is 10.3. The molecule has 0 aliphatic carbocycles. The largest absolute Gasteiger partial charge is 0.462 e. The van der Waals surface area contributed by atoms with Crippen LogP contribution in [0.25, 0.3) is 0 Å². The van der Waals surface area contributed by atoms with Crippen LogP contribution in [0.4, 0.5) is 4.79 Å². The minimum atomic E-state index is -0.325. The first-order chi connectivity index (χ1) is 9.54. The van der Waals surface area contributed by atoms with E-state index >= 15 is 0 Å². The quantitative estimate of drug-likeness (QED) is 0.482. The Morgan fingerprint density at radius 2 is 2.05 bits per heavy atom. The predicted octanol–water partition coefficient (Wildman–Crippen LogP) is 3.12. The van der Waals surface area contributed by atoms with E-state index in [9.17, 15) is 9.59 Å². The van der Waals surface area contributed by atoms with Crippen molar-refractivity contribution in [2.75, 3.05) is 13.2 Å². The Hall–Kier alpha value is -1.26. The van der Waals surface area contributed by atoms with E-state index in [-0.39, 0.29) is 30.8 Å². The first kappa shape index (κ1) is 16.8. The zero-order chi connectivity index (χ0) is 15.0. The van der Waals surface area contributed by atoms with Gasteiger partial charge in [-0.05, 0) is 20.3 Å². The lowest BCUT2D eigenvalue weighted by Gasteiger charge is -2.16. The normalized spacial score (nSPS) is 18.5. The van der Waals surface area contributed by atoms with Gasteiger partial charge in [-0.3, -0.25) is 4.79 Å². The third-order valence-corrected chi connectivity index (χ3v) is 3.44. The molecule has 0 spiro atoms. The Balaban J connectivity index is 2.11. The average molecular weight is 285 g/mol. The van der Waals surface area contributed by atoms with Gasteiger partial charge in [-0.2, -0.15) is 0 Å². The van der Waals surface area contributed by atoms with Crippen molar-refractivity contribution in [1.82, 2.24) is 4.90 Å². The topological polar surface area (TPSA) is 55.8 Å². The van der Waals surface area contributed by atoms with Crippen LogP contribution in [0, 0.1) is 0 Å². The second-order valence-electron chi connectivity index (χ2n) is 5.60. The van der Waals surface area contributed by atoms with Gasteiger partial charge >= 0.3 is 12.1 Å². The number of unbranched alkanes of at least 4 members (excludes halogenated alkanes) is 4. The van der Waals surface area contributed by atoms with Crippen molar-refractivity contribution < 1.29 is 19.1 Å². The fourth-order valence-corrected chi connectivity index (χ4v) is 2.18. The Morgan fingerprint density at radius 1 is 1.35 bits per heavy atom. The van der Waals surface area contributed by atoms with Gasteiger partial charge in [0.15, 0.2) is 6.10 Å². The number of amides is 1. The molecule has 20 heavy (non-hydrogen) atoms. The van der Waals surface area contributed by atoms with Crippen molar-refractivity contribution in [2.24, 2.45) is 0 Å². The molecule has 5 heteroatoms. The number of nitrogens with zero attached hydrogens (tertiary/aromatic N) is 1. The van der Waals surface area contributed by atoms with Crippen molar-refractivity contribution in [3.8, 4) is 0 Å². The van der Waals surface area contributed by atoms with Gasteiger partial charge < -0.3 is 14.4 Å². The molecule has 0 radical (unpaired) electrons. The number of carbonyl (C=O) groups is 2. The van der Waals surface area contributed by atoms with Crippen LogP contribution < -0.4 is 0 Å². The summed E-state index contributed by atoms with van der Waals surface area (Å²) in [6, 6.07) is 0.113. The number of esters is 1. The Bertz CT molecular complexity index is 317. The minimum absolute atomic E-state index is 0.113. The molecule has 1 fully saturated rings. The first-order valence-electron chi connectivity index (χ1n) is 7.67. The highest BCUT2D eigenvalue weighted by Crippen LogP contribution is 2.15. The molecule has 0 aromatic carbocycles. The fraction of sp³-hybridized carbons (Fsp3) is 0.867. The van der Waals surface area contributed by atoms with Crippen molar-refractivity contribution in [3.05, 3.63) is 0 Å². The molecule has 1 saturated heterocycles. The predicted molar refractivity (Wildman–Crippen MR) is 76.4 cm³/mol. The molecule has 1 aliphatic heterocycles. The summed E-state index contributed by atoms with van der Waals surface area (Å²) in [5.74, 6) is -0.194. The summed E-state index contributed by atoms with van der Waals surface area (Å²) in [5, 5.41) is 0. The highest BCUT2D eigenvalue weighted by molar-refractivity contribution is 5.71. The zero-order valence-electron chi connectivity index (χ0n) is 12.9. The van der Waals surface area contributed by atoms with Crippen LogP contribution in [0.3, 0.4) is 0 Å². The molecular weight excluding hydrogens is 258 g/mol. The van der Waals surface area contributed by atoms with Crippen LogP contribution in [0.5, 0.6) is 0 Å². The maximum atomic E-state index is 11.6. The maximum Gasteiger partial charge on any atom is 0.410 e. The molecule has 0 aromatic heterocycles. The van der Waals surface area contributed by atoms with E-state index < -0.39 is 0 Å². The van der Waals surface area contributed by atoms with Crippen LogP contribution in [-0.2, 0) is 14.3 Å². The van der Waals surface area contributed by atoms with Gasteiger partial charge in [0.25, 0.3) is 0 Å². The van der Waals surface area contributed by atoms with E-state index in [1.165, 1.54) is 19.3 Å². The summed E-state index contributed by atoms with van der Waals surface area (Å²) in [4.78, 5) is 24.7. The Morgan fingerprint density at radius 3 is 2.65 bits per heavy atom. The van der Waals surface area contributed by atoms with Gasteiger partial charge in [0.05, 0.1) is 6.54 Å². The van der Waals surface area contributed by atoms with E-state index in [1.54, 1.807) is 4.90 Å². The zero-order valence-corrected chi connectivity index (χ0v) is 12.9. The van der Waals surface area contributed by atoms with Crippen LogP contribution in [0.15, 0.2) is 0 Å². The first-order valence-corrected chi connectivity index (χ1v) is 7.67. The van der Waals surface area contributed by atoms with Crippen LogP contribution in [0.1, 0.15) is 59.3 Å². The summed E-state index contributed by atoms with van der Waals surface area (Å²) in [5.41, 5.74) is 0. The van der Waals surface area contributed by atoms with Gasteiger partial charge in [0.1, 0.15) is 6.61 Å². The molecule has 1 rings (SSSR count). The third-order valence-electron chi connectivity index (χ3n) is 3.44. The molecule has 1 heterocycles. The molecule has 0 unspecified atom stereocenters. The number of carbonyl (C=O) groups excluding carboxylic acids is 2. The number of rotatable bonds is 9. The maximum absolute atomic E-state index is 11.6. The van der Waals surface area contributed by atoms with Crippen molar-refractivity contribution in [1.29, 1.82) is 0 Å². The standard InChI is InChI=1S/C15H27NO4/c1-4-5-6-7-8-9-14(17)19-11-13-10-16(12(2)3)15(18)20-13/h12-13H,4-11H2,1-3H3/t13-/m1/s1. The van der Waals surface area contributed by atoms with Gasteiger partial charge in [-0.25, -0.2) is 4.79 Å². The van der Waals surface area contributed by atoms with E-state index in [4.69, 9.17) is 9.47 Å². The van der Waals surface area contributed by atoms with Crippen LogP contribution in [-0.4, -0.2) is 42.3 Å². The van der Waals surface area contributed by atoms with Crippen molar-refractivity contribution >= 4 is 12.1 Å². The summed E-state index contributed by atoms with van der Waals surface area (Å²) in [6.07, 6.45) is 5.35. The highest BCUT2D eigenvalue weighted by atomic mass is 16.6. The summed E-state index contributed by atoms with van der Waals surface area (Å²) >= 11 is 0. The smallest absolute Gasteiger partial charge is 0.410 e. The molecule has 5 nitrogen and oxygen atoms in total. The lowest BCUT2D eigenvalue weighted by Crippen LogP contribution is -2.32. The number of ether oxygens (including phenoxy) is 2.